The minimum atomic E-state index is -1.13. The summed E-state index contributed by atoms with van der Waals surface area (Å²) in [7, 11) is 0. The van der Waals surface area contributed by atoms with Crippen molar-refractivity contribution in [1.82, 2.24) is 15.5 Å². The quantitative estimate of drug-likeness (QED) is 0.444. The van der Waals surface area contributed by atoms with Gasteiger partial charge in [-0.2, -0.15) is 0 Å². The Morgan fingerprint density at radius 1 is 1.08 bits per heavy atom. The minimum absolute atomic E-state index is 0.0121. The lowest BCUT2D eigenvalue weighted by atomic mass is 9.66. The highest BCUT2D eigenvalue weighted by Gasteiger charge is 2.50. The molecule has 9 heteroatoms. The van der Waals surface area contributed by atoms with E-state index in [4.69, 9.17) is 11.6 Å². The van der Waals surface area contributed by atoms with Crippen LogP contribution in [0.15, 0.2) is 48.5 Å². The molecule has 0 aliphatic carbocycles. The van der Waals surface area contributed by atoms with Crippen LogP contribution < -0.4 is 10.6 Å². The molecule has 0 spiro atoms. The van der Waals surface area contributed by atoms with Gasteiger partial charge >= 0.3 is 12.0 Å². The number of halogens is 1. The van der Waals surface area contributed by atoms with Gasteiger partial charge in [-0.3, -0.25) is 4.79 Å². The highest BCUT2D eigenvalue weighted by Crippen LogP contribution is 2.46. The minimum Gasteiger partial charge on any atom is -0.478 e. The van der Waals surface area contributed by atoms with Crippen LogP contribution >= 0.6 is 11.6 Å². The van der Waals surface area contributed by atoms with E-state index in [2.05, 4.69) is 10.6 Å². The Hall–Kier alpha value is -3.10. The number of hydrogen-bond donors (Lipinski definition) is 4. The molecule has 3 rings (SSSR count). The van der Waals surface area contributed by atoms with Gasteiger partial charge in [0.2, 0.25) is 5.91 Å². The molecule has 0 saturated carbocycles. The third kappa shape index (κ3) is 5.82. The number of likely N-dealkylation sites (tertiary alicyclic amines) is 1. The summed E-state index contributed by atoms with van der Waals surface area (Å²) >= 11 is 6.02. The number of aliphatic hydroxyl groups is 1. The number of piperidine rings is 1. The second kappa shape index (κ2) is 10.9. The highest BCUT2D eigenvalue weighted by atomic mass is 35.5. The SMILES string of the molecule is CC(C)[C@@H](NC(=O)NCc1ccccc1C(=O)O)C(=O)N1CC[C@](O)(c2ccc(Cl)cc2)C(C)(C)C1. The van der Waals surface area contributed by atoms with Crippen molar-refractivity contribution in [3.63, 3.8) is 0 Å². The summed E-state index contributed by atoms with van der Waals surface area (Å²) in [6.45, 7) is 8.20. The van der Waals surface area contributed by atoms with Crippen LogP contribution in [-0.4, -0.2) is 52.2 Å². The van der Waals surface area contributed by atoms with Gasteiger partial charge in [-0.15, -0.1) is 0 Å². The molecule has 8 nitrogen and oxygen atoms in total. The summed E-state index contributed by atoms with van der Waals surface area (Å²) < 4.78 is 0. The number of nitrogens with one attached hydrogen (secondary N) is 2. The molecular weight excluding hydrogens is 482 g/mol. The number of carbonyl (C=O) groups is 3. The molecule has 1 aliphatic rings. The average molecular weight is 516 g/mol. The van der Waals surface area contributed by atoms with E-state index in [0.29, 0.717) is 30.1 Å². The van der Waals surface area contributed by atoms with Crippen molar-refractivity contribution in [2.24, 2.45) is 11.3 Å². The van der Waals surface area contributed by atoms with Crippen LogP contribution in [0.25, 0.3) is 0 Å². The number of benzene rings is 2. The molecule has 4 N–H and O–H groups in total. The Kier molecular flexibility index (Phi) is 8.31. The smallest absolute Gasteiger partial charge is 0.336 e. The molecule has 1 fully saturated rings. The number of carbonyl (C=O) groups excluding carboxylic acids is 2. The predicted molar refractivity (Wildman–Crippen MR) is 138 cm³/mol. The predicted octanol–water partition coefficient (Wildman–Crippen LogP) is 4.01. The van der Waals surface area contributed by atoms with Gasteiger partial charge in [0.1, 0.15) is 6.04 Å². The van der Waals surface area contributed by atoms with E-state index in [1.165, 1.54) is 6.07 Å². The number of nitrogens with zero attached hydrogens (tertiary/aromatic N) is 1. The molecule has 36 heavy (non-hydrogen) atoms. The first-order valence-corrected chi connectivity index (χ1v) is 12.4. The van der Waals surface area contributed by atoms with Crippen molar-refractivity contribution in [3.8, 4) is 0 Å². The number of carboxylic acid groups (broad SMARTS) is 1. The zero-order valence-electron chi connectivity index (χ0n) is 21.0. The summed E-state index contributed by atoms with van der Waals surface area (Å²) in [6, 6.07) is 12.2. The fraction of sp³-hybridized carbons (Fsp3) is 0.444. The zero-order chi connectivity index (χ0) is 26.7. The number of rotatable bonds is 7. The molecule has 3 amide bonds. The molecular formula is C27H34ClN3O5. The van der Waals surface area contributed by atoms with Crippen LogP contribution in [0.3, 0.4) is 0 Å². The molecule has 0 bridgehead atoms. The molecule has 0 radical (unpaired) electrons. The lowest BCUT2D eigenvalue weighted by Gasteiger charge is -2.51. The maximum absolute atomic E-state index is 13.5. The van der Waals surface area contributed by atoms with Crippen molar-refractivity contribution in [2.45, 2.75) is 52.3 Å². The van der Waals surface area contributed by atoms with Gasteiger partial charge in [0, 0.05) is 30.1 Å². The van der Waals surface area contributed by atoms with Crippen LogP contribution in [0.2, 0.25) is 5.02 Å². The van der Waals surface area contributed by atoms with Crippen LogP contribution in [0.5, 0.6) is 0 Å². The Morgan fingerprint density at radius 3 is 2.31 bits per heavy atom. The normalized spacial score (nSPS) is 20.0. The molecule has 1 aliphatic heterocycles. The fourth-order valence-electron chi connectivity index (χ4n) is 4.73. The van der Waals surface area contributed by atoms with Gasteiger partial charge in [-0.1, -0.05) is 69.6 Å². The number of hydrogen-bond acceptors (Lipinski definition) is 4. The number of amides is 3. The van der Waals surface area contributed by atoms with E-state index >= 15 is 0 Å². The van der Waals surface area contributed by atoms with E-state index in [1.807, 2.05) is 39.8 Å². The van der Waals surface area contributed by atoms with Crippen molar-refractivity contribution in [1.29, 1.82) is 0 Å². The molecule has 1 heterocycles. The zero-order valence-corrected chi connectivity index (χ0v) is 21.8. The van der Waals surface area contributed by atoms with E-state index in [-0.39, 0.29) is 23.9 Å². The molecule has 2 aromatic carbocycles. The van der Waals surface area contributed by atoms with Crippen LogP contribution in [0, 0.1) is 11.3 Å². The summed E-state index contributed by atoms with van der Waals surface area (Å²) in [5.41, 5.74) is -0.461. The van der Waals surface area contributed by atoms with Gasteiger partial charge in [0.15, 0.2) is 0 Å². The number of urea groups is 1. The topological polar surface area (TPSA) is 119 Å². The number of aromatic carboxylic acids is 1. The Labute approximate surface area is 216 Å². The summed E-state index contributed by atoms with van der Waals surface area (Å²) in [4.78, 5) is 39.2. The van der Waals surface area contributed by atoms with Gasteiger partial charge < -0.3 is 25.7 Å². The lowest BCUT2D eigenvalue weighted by molar-refractivity contribution is -0.155. The van der Waals surface area contributed by atoms with Crippen LogP contribution in [0.1, 0.15) is 55.6 Å². The van der Waals surface area contributed by atoms with Crippen LogP contribution in [0.4, 0.5) is 4.79 Å². The molecule has 1 saturated heterocycles. The molecule has 194 valence electrons. The Bertz CT molecular complexity index is 1120. The van der Waals surface area contributed by atoms with Crippen LogP contribution in [-0.2, 0) is 16.9 Å². The largest absolute Gasteiger partial charge is 0.478 e. The van der Waals surface area contributed by atoms with E-state index < -0.39 is 29.1 Å². The van der Waals surface area contributed by atoms with Crippen molar-refractivity contribution < 1.29 is 24.6 Å². The van der Waals surface area contributed by atoms with Crippen molar-refractivity contribution in [2.75, 3.05) is 13.1 Å². The standard InChI is InChI=1S/C27H34ClN3O5/c1-17(2)22(30-25(35)29-15-18-7-5-6-8-21(18)24(33)34)23(32)31-14-13-27(36,26(3,4)16-31)19-9-11-20(28)12-10-19/h5-12,17,22,36H,13-16H2,1-4H3,(H,33,34)(H2,29,30,35)/t22-,27+/m1/s1. The highest BCUT2D eigenvalue weighted by molar-refractivity contribution is 6.30. The Morgan fingerprint density at radius 2 is 1.72 bits per heavy atom. The first-order valence-electron chi connectivity index (χ1n) is 12.0. The maximum Gasteiger partial charge on any atom is 0.336 e. The Balaban J connectivity index is 1.68. The average Bonchev–Trinajstić information content (AvgIpc) is 2.82. The van der Waals surface area contributed by atoms with E-state index in [0.717, 1.165) is 5.56 Å². The third-order valence-corrected chi connectivity index (χ3v) is 7.24. The molecule has 2 aromatic rings. The van der Waals surface area contributed by atoms with Crippen molar-refractivity contribution >= 4 is 29.5 Å². The first-order chi connectivity index (χ1) is 16.9. The molecule has 0 unspecified atom stereocenters. The monoisotopic (exact) mass is 515 g/mol. The maximum atomic E-state index is 13.5. The molecule has 0 aromatic heterocycles. The summed E-state index contributed by atoms with van der Waals surface area (Å²) in [6.07, 6.45) is 0.344. The van der Waals surface area contributed by atoms with Gasteiger partial charge in [0.05, 0.1) is 11.2 Å². The number of carboxylic acids is 1. The van der Waals surface area contributed by atoms with E-state index in [9.17, 15) is 24.6 Å². The fourth-order valence-corrected chi connectivity index (χ4v) is 4.86. The van der Waals surface area contributed by atoms with E-state index in [1.54, 1.807) is 35.2 Å². The molecule has 2 atom stereocenters. The third-order valence-electron chi connectivity index (χ3n) is 6.99. The summed E-state index contributed by atoms with van der Waals surface area (Å²) in [5.74, 6) is -1.48. The van der Waals surface area contributed by atoms with Gasteiger partial charge in [-0.25, -0.2) is 9.59 Å². The van der Waals surface area contributed by atoms with Crippen molar-refractivity contribution in [3.05, 3.63) is 70.2 Å². The second-order valence-corrected chi connectivity index (χ2v) is 10.7. The van der Waals surface area contributed by atoms with Gasteiger partial charge in [0.25, 0.3) is 0 Å². The summed E-state index contributed by atoms with van der Waals surface area (Å²) in [5, 5.41) is 26.9. The van der Waals surface area contributed by atoms with Gasteiger partial charge in [-0.05, 0) is 41.7 Å². The lowest BCUT2D eigenvalue weighted by Crippen LogP contribution is -2.61. The first kappa shape index (κ1) is 27.5. The second-order valence-electron chi connectivity index (χ2n) is 10.3.